The summed E-state index contributed by atoms with van der Waals surface area (Å²) in [7, 11) is 0. The van der Waals surface area contributed by atoms with Crippen molar-refractivity contribution < 1.29 is 9.21 Å². The largest absolute Gasteiger partial charge is 0.444 e. The second kappa shape index (κ2) is 7.20. The second-order valence-electron chi connectivity index (χ2n) is 6.27. The minimum atomic E-state index is 0.0273. The van der Waals surface area contributed by atoms with Gasteiger partial charge in [-0.25, -0.2) is 4.98 Å². The molecule has 1 aliphatic rings. The maximum absolute atomic E-state index is 11.8. The number of aromatic nitrogens is 3. The lowest BCUT2D eigenvalue weighted by molar-refractivity contribution is -0.116. The van der Waals surface area contributed by atoms with Gasteiger partial charge < -0.3 is 4.42 Å². The minimum absolute atomic E-state index is 0.0273. The van der Waals surface area contributed by atoms with Crippen molar-refractivity contribution in [3.05, 3.63) is 41.8 Å². The quantitative estimate of drug-likeness (QED) is 0.464. The monoisotopic (exact) mass is 386 g/mol. The van der Waals surface area contributed by atoms with Gasteiger partial charge in [0.1, 0.15) is 6.26 Å². The molecule has 1 fully saturated rings. The summed E-state index contributed by atoms with van der Waals surface area (Å²) in [6, 6.07) is 8.38. The molecular weight excluding hydrogens is 368 g/mol. The zero-order valence-corrected chi connectivity index (χ0v) is 16.1. The van der Waals surface area contributed by atoms with Crippen LogP contribution in [0.1, 0.15) is 31.0 Å². The number of hydrogen-bond acceptors (Lipinski definition) is 7. The Morgan fingerprint density at radius 1 is 1.31 bits per heavy atom. The molecule has 0 N–H and O–H groups in total. The van der Waals surface area contributed by atoms with Gasteiger partial charge in [0.25, 0.3) is 0 Å². The summed E-state index contributed by atoms with van der Waals surface area (Å²) in [4.78, 5) is 18.1. The molecule has 0 bridgehead atoms. The Balaban J connectivity index is 1.40. The maximum atomic E-state index is 11.8. The van der Waals surface area contributed by atoms with Gasteiger partial charge in [-0.05, 0) is 31.9 Å². The standard InChI is InChI=1S/C18H18N4O2S2/c1-11-3-5-13(6-4-11)16-19-14(9-24-16)10-25-18-21-20-17(26-18)22(12(2)23)15-7-8-15/h3-6,9,15H,7-8,10H2,1-2H3. The van der Waals surface area contributed by atoms with Crippen molar-refractivity contribution in [3.63, 3.8) is 0 Å². The number of aryl methyl sites for hydroxylation is 1. The molecule has 0 saturated heterocycles. The maximum Gasteiger partial charge on any atom is 0.226 e. The van der Waals surface area contributed by atoms with Gasteiger partial charge in [0.2, 0.25) is 16.9 Å². The lowest BCUT2D eigenvalue weighted by Gasteiger charge is -2.15. The van der Waals surface area contributed by atoms with E-state index >= 15 is 0 Å². The van der Waals surface area contributed by atoms with E-state index in [9.17, 15) is 4.79 Å². The molecule has 134 valence electrons. The molecule has 1 aliphatic carbocycles. The number of carbonyl (C=O) groups is 1. The molecule has 26 heavy (non-hydrogen) atoms. The summed E-state index contributed by atoms with van der Waals surface area (Å²) in [5, 5.41) is 9.06. The summed E-state index contributed by atoms with van der Waals surface area (Å²) < 4.78 is 6.41. The first kappa shape index (κ1) is 17.2. The minimum Gasteiger partial charge on any atom is -0.444 e. The highest BCUT2D eigenvalue weighted by Gasteiger charge is 2.34. The van der Waals surface area contributed by atoms with Gasteiger partial charge in [-0.2, -0.15) is 0 Å². The third kappa shape index (κ3) is 3.81. The van der Waals surface area contributed by atoms with Gasteiger partial charge in [-0.1, -0.05) is 40.8 Å². The first-order chi connectivity index (χ1) is 12.6. The number of carbonyl (C=O) groups excluding carboxylic acids is 1. The number of oxazole rings is 1. The Morgan fingerprint density at radius 2 is 2.08 bits per heavy atom. The summed E-state index contributed by atoms with van der Waals surface area (Å²) in [5.41, 5.74) is 3.02. The van der Waals surface area contributed by atoms with Crippen LogP contribution in [0, 0.1) is 6.92 Å². The fourth-order valence-electron chi connectivity index (χ4n) is 2.58. The average molecular weight is 387 g/mol. The zero-order valence-electron chi connectivity index (χ0n) is 14.5. The van der Waals surface area contributed by atoms with Crippen LogP contribution in [0.4, 0.5) is 5.13 Å². The Bertz CT molecular complexity index is 915. The predicted octanol–water partition coefficient (Wildman–Crippen LogP) is 4.31. The van der Waals surface area contributed by atoms with Gasteiger partial charge in [0.05, 0.1) is 5.69 Å². The van der Waals surface area contributed by atoms with Crippen LogP contribution in [0.15, 0.2) is 39.3 Å². The summed E-state index contributed by atoms with van der Waals surface area (Å²) in [6.07, 6.45) is 3.76. The fourth-order valence-corrected chi connectivity index (χ4v) is 4.41. The van der Waals surface area contributed by atoms with Crippen molar-refractivity contribution in [2.45, 2.75) is 42.8 Å². The van der Waals surface area contributed by atoms with E-state index in [-0.39, 0.29) is 5.91 Å². The molecule has 0 radical (unpaired) electrons. The third-order valence-corrected chi connectivity index (χ3v) is 6.14. The van der Waals surface area contributed by atoms with E-state index in [1.165, 1.54) is 16.9 Å². The van der Waals surface area contributed by atoms with E-state index in [0.29, 0.717) is 22.8 Å². The Kier molecular flexibility index (Phi) is 4.78. The Hall–Kier alpha value is -2.19. The van der Waals surface area contributed by atoms with Crippen LogP contribution in [0.2, 0.25) is 0 Å². The number of nitrogens with zero attached hydrogens (tertiary/aromatic N) is 4. The number of rotatable bonds is 6. The van der Waals surface area contributed by atoms with Crippen molar-refractivity contribution in [2.75, 3.05) is 4.90 Å². The molecule has 1 amide bonds. The summed E-state index contributed by atoms with van der Waals surface area (Å²) >= 11 is 3.00. The van der Waals surface area contributed by atoms with Crippen molar-refractivity contribution in [1.82, 2.24) is 15.2 Å². The molecule has 1 aromatic carbocycles. The number of benzene rings is 1. The van der Waals surface area contributed by atoms with Crippen LogP contribution in [0.5, 0.6) is 0 Å². The normalized spacial score (nSPS) is 13.8. The highest BCUT2D eigenvalue weighted by atomic mass is 32.2. The number of amides is 1. The molecule has 4 rings (SSSR count). The molecule has 6 nitrogen and oxygen atoms in total. The Morgan fingerprint density at radius 3 is 2.77 bits per heavy atom. The van der Waals surface area contributed by atoms with Crippen LogP contribution in [-0.4, -0.2) is 27.1 Å². The summed E-state index contributed by atoms with van der Waals surface area (Å²) in [5.74, 6) is 1.29. The molecular formula is C18H18N4O2S2. The molecule has 0 aliphatic heterocycles. The molecule has 8 heteroatoms. The predicted molar refractivity (Wildman–Crippen MR) is 102 cm³/mol. The molecule has 0 atom stereocenters. The van der Waals surface area contributed by atoms with E-state index in [2.05, 4.69) is 15.2 Å². The highest BCUT2D eigenvalue weighted by Crippen LogP contribution is 2.36. The Labute approximate surface area is 159 Å². The van der Waals surface area contributed by atoms with Crippen LogP contribution in [-0.2, 0) is 10.5 Å². The number of hydrogen-bond donors (Lipinski definition) is 0. The first-order valence-corrected chi connectivity index (χ1v) is 10.2. The lowest BCUT2D eigenvalue weighted by Crippen LogP contribution is -2.30. The molecule has 0 unspecified atom stereocenters. The average Bonchev–Trinajstić information content (AvgIpc) is 3.15. The third-order valence-electron chi connectivity index (χ3n) is 4.05. The molecule has 2 heterocycles. The van der Waals surface area contributed by atoms with E-state index in [4.69, 9.17) is 4.42 Å². The molecule has 2 aromatic heterocycles. The van der Waals surface area contributed by atoms with E-state index in [1.807, 2.05) is 31.2 Å². The van der Waals surface area contributed by atoms with Crippen LogP contribution in [0.25, 0.3) is 11.5 Å². The molecule has 0 spiro atoms. The lowest BCUT2D eigenvalue weighted by atomic mass is 10.1. The van der Waals surface area contributed by atoms with Crippen molar-refractivity contribution in [1.29, 1.82) is 0 Å². The number of anilines is 1. The molecule has 1 saturated carbocycles. The van der Waals surface area contributed by atoms with Gasteiger partial charge in [-0.15, -0.1) is 10.2 Å². The van der Waals surface area contributed by atoms with Crippen molar-refractivity contribution >= 4 is 34.1 Å². The SMILES string of the molecule is CC(=O)N(c1nnc(SCc2coc(-c3ccc(C)cc3)n2)s1)C1CC1. The zero-order chi connectivity index (χ0) is 18.1. The summed E-state index contributed by atoms with van der Waals surface area (Å²) in [6.45, 7) is 3.63. The second-order valence-corrected chi connectivity index (χ2v) is 8.45. The van der Waals surface area contributed by atoms with Gasteiger partial charge >= 0.3 is 0 Å². The fraction of sp³-hybridized carbons (Fsp3) is 0.333. The van der Waals surface area contributed by atoms with Crippen LogP contribution < -0.4 is 4.90 Å². The van der Waals surface area contributed by atoms with E-state index in [1.54, 1.807) is 29.8 Å². The highest BCUT2D eigenvalue weighted by molar-refractivity contribution is 8.00. The van der Waals surface area contributed by atoms with Gasteiger partial charge in [-0.3, -0.25) is 9.69 Å². The van der Waals surface area contributed by atoms with E-state index < -0.39 is 0 Å². The molecule has 3 aromatic rings. The van der Waals surface area contributed by atoms with E-state index in [0.717, 1.165) is 28.4 Å². The van der Waals surface area contributed by atoms with Crippen molar-refractivity contribution in [3.8, 4) is 11.5 Å². The topological polar surface area (TPSA) is 72.1 Å². The smallest absolute Gasteiger partial charge is 0.226 e. The van der Waals surface area contributed by atoms with Crippen LogP contribution in [0.3, 0.4) is 0 Å². The van der Waals surface area contributed by atoms with Gasteiger partial charge in [0.15, 0.2) is 4.34 Å². The number of thioether (sulfide) groups is 1. The van der Waals surface area contributed by atoms with Crippen LogP contribution >= 0.6 is 23.1 Å². The first-order valence-electron chi connectivity index (χ1n) is 8.37. The van der Waals surface area contributed by atoms with Gasteiger partial charge in [0, 0.05) is 24.3 Å². The van der Waals surface area contributed by atoms with Crippen molar-refractivity contribution in [2.24, 2.45) is 0 Å².